The molecule has 20 heavy (non-hydrogen) atoms. The average Bonchev–Trinajstić information content (AvgIpc) is 2.47. The highest BCUT2D eigenvalue weighted by Crippen LogP contribution is 2.27. The zero-order chi connectivity index (χ0) is 14.1. The Kier molecular flexibility index (Phi) is 3.06. The lowest BCUT2D eigenvalue weighted by atomic mass is 9.97. The molecule has 1 aliphatic rings. The molecule has 0 unspecified atom stereocenters. The van der Waals surface area contributed by atoms with Crippen LogP contribution in [0.4, 0.5) is 5.69 Å². The number of rotatable bonds is 2. The Morgan fingerprint density at radius 2 is 1.95 bits per heavy atom. The van der Waals surface area contributed by atoms with Gasteiger partial charge in [-0.1, -0.05) is 12.1 Å². The first-order valence-electron chi connectivity index (χ1n) is 6.52. The predicted octanol–water partition coefficient (Wildman–Crippen LogP) is 2.22. The van der Waals surface area contributed by atoms with Crippen molar-refractivity contribution in [3.8, 4) is 11.4 Å². The second-order valence-electron chi connectivity index (χ2n) is 4.82. The van der Waals surface area contributed by atoms with Gasteiger partial charge in [0.2, 0.25) is 0 Å². The number of nitro groups is 1. The van der Waals surface area contributed by atoms with Gasteiger partial charge in [0, 0.05) is 11.6 Å². The summed E-state index contributed by atoms with van der Waals surface area (Å²) in [5.74, 6) is 0.281. The number of nitrogens with zero attached hydrogens (tertiary/aromatic N) is 2. The van der Waals surface area contributed by atoms with Crippen LogP contribution in [0.15, 0.2) is 29.1 Å². The average molecular weight is 271 g/mol. The number of nitrogens with one attached hydrogen (secondary N) is 1. The van der Waals surface area contributed by atoms with Crippen LogP contribution in [0.5, 0.6) is 0 Å². The van der Waals surface area contributed by atoms with Crippen LogP contribution < -0.4 is 5.56 Å². The van der Waals surface area contributed by atoms with E-state index in [2.05, 4.69) is 9.97 Å². The number of para-hydroxylation sites is 1. The smallest absolute Gasteiger partial charge is 0.280 e. The first kappa shape index (κ1) is 12.5. The monoisotopic (exact) mass is 271 g/mol. The minimum Gasteiger partial charge on any atom is -0.306 e. The maximum atomic E-state index is 12.1. The van der Waals surface area contributed by atoms with Gasteiger partial charge in [-0.15, -0.1) is 0 Å². The molecule has 0 radical (unpaired) electrons. The zero-order valence-corrected chi connectivity index (χ0v) is 10.8. The first-order chi connectivity index (χ1) is 9.66. The van der Waals surface area contributed by atoms with Crippen LogP contribution in [-0.2, 0) is 12.8 Å². The number of hydrogen-bond donors (Lipinski definition) is 1. The highest BCUT2D eigenvalue weighted by molar-refractivity contribution is 5.67. The van der Waals surface area contributed by atoms with Crippen molar-refractivity contribution in [2.45, 2.75) is 25.7 Å². The Labute approximate surface area is 114 Å². The van der Waals surface area contributed by atoms with Gasteiger partial charge in [0.25, 0.3) is 11.2 Å². The molecule has 0 spiro atoms. The van der Waals surface area contributed by atoms with E-state index in [0.717, 1.165) is 36.9 Å². The maximum absolute atomic E-state index is 12.1. The minimum atomic E-state index is -0.464. The summed E-state index contributed by atoms with van der Waals surface area (Å²) in [7, 11) is 0. The molecule has 102 valence electrons. The number of aromatic amines is 1. The Hall–Kier alpha value is -2.50. The minimum absolute atomic E-state index is 0.0496. The summed E-state index contributed by atoms with van der Waals surface area (Å²) in [4.78, 5) is 29.8. The SMILES string of the molecule is O=c1[nH]c(-c2ccccc2[N+](=O)[O-])nc2c1CCCC2. The molecule has 0 bridgehead atoms. The Balaban J connectivity index is 2.19. The lowest BCUT2D eigenvalue weighted by Gasteiger charge is -2.14. The second-order valence-corrected chi connectivity index (χ2v) is 4.82. The molecule has 0 amide bonds. The quantitative estimate of drug-likeness (QED) is 0.670. The molecule has 6 heteroatoms. The Morgan fingerprint density at radius 3 is 2.75 bits per heavy atom. The number of hydrogen-bond acceptors (Lipinski definition) is 4. The standard InChI is InChI=1S/C14H13N3O3/c18-14-9-5-1-3-7-11(9)15-13(16-14)10-6-2-4-8-12(10)17(19)20/h2,4,6,8H,1,3,5,7H2,(H,15,16,18). The van der Waals surface area contributed by atoms with Crippen molar-refractivity contribution in [1.29, 1.82) is 0 Å². The number of H-pyrrole nitrogens is 1. The van der Waals surface area contributed by atoms with Crippen LogP contribution in [0.2, 0.25) is 0 Å². The summed E-state index contributed by atoms with van der Waals surface area (Å²) in [5.41, 5.74) is 1.61. The second kappa shape index (κ2) is 4.88. The number of aryl methyl sites for hydroxylation is 1. The van der Waals surface area contributed by atoms with Crippen molar-refractivity contribution < 1.29 is 4.92 Å². The molecule has 2 aromatic rings. The van der Waals surface area contributed by atoms with Gasteiger partial charge in [0.05, 0.1) is 16.2 Å². The molecule has 3 rings (SSSR count). The molecule has 0 saturated heterocycles. The van der Waals surface area contributed by atoms with Crippen molar-refractivity contribution in [2.24, 2.45) is 0 Å². The lowest BCUT2D eigenvalue weighted by Crippen LogP contribution is -2.21. The molecule has 0 aliphatic heterocycles. The van der Waals surface area contributed by atoms with E-state index in [1.165, 1.54) is 6.07 Å². The fraction of sp³-hybridized carbons (Fsp3) is 0.286. The first-order valence-corrected chi connectivity index (χ1v) is 6.52. The zero-order valence-electron chi connectivity index (χ0n) is 10.8. The fourth-order valence-electron chi connectivity index (χ4n) is 2.56. The van der Waals surface area contributed by atoms with Crippen LogP contribution in [0.1, 0.15) is 24.1 Å². The van der Waals surface area contributed by atoms with Crippen molar-refractivity contribution in [2.75, 3.05) is 0 Å². The van der Waals surface area contributed by atoms with Crippen molar-refractivity contribution >= 4 is 5.69 Å². The van der Waals surface area contributed by atoms with Crippen molar-refractivity contribution in [3.63, 3.8) is 0 Å². The van der Waals surface area contributed by atoms with Crippen LogP contribution >= 0.6 is 0 Å². The number of aromatic nitrogens is 2. The molecule has 0 saturated carbocycles. The molecule has 6 nitrogen and oxygen atoms in total. The molecular weight excluding hydrogens is 258 g/mol. The van der Waals surface area contributed by atoms with Gasteiger partial charge in [0.1, 0.15) is 5.82 Å². The van der Waals surface area contributed by atoms with E-state index >= 15 is 0 Å². The maximum Gasteiger partial charge on any atom is 0.280 e. The third-order valence-corrected chi connectivity index (χ3v) is 3.55. The third kappa shape index (κ3) is 2.09. The van der Waals surface area contributed by atoms with E-state index in [1.807, 2.05) is 0 Å². The summed E-state index contributed by atoms with van der Waals surface area (Å²) in [6.07, 6.45) is 3.48. The Morgan fingerprint density at radius 1 is 1.20 bits per heavy atom. The van der Waals surface area contributed by atoms with Crippen LogP contribution in [0, 0.1) is 10.1 Å². The summed E-state index contributed by atoms with van der Waals surface area (Å²) >= 11 is 0. The van der Waals surface area contributed by atoms with Gasteiger partial charge >= 0.3 is 0 Å². The fourth-order valence-corrected chi connectivity index (χ4v) is 2.56. The van der Waals surface area contributed by atoms with E-state index in [1.54, 1.807) is 18.2 Å². The van der Waals surface area contributed by atoms with E-state index < -0.39 is 4.92 Å². The van der Waals surface area contributed by atoms with Gasteiger partial charge in [-0.3, -0.25) is 14.9 Å². The summed E-state index contributed by atoms with van der Waals surface area (Å²) in [6, 6.07) is 6.31. The van der Waals surface area contributed by atoms with Gasteiger partial charge in [-0.2, -0.15) is 0 Å². The van der Waals surface area contributed by atoms with E-state index in [4.69, 9.17) is 0 Å². The normalized spacial score (nSPS) is 13.8. The van der Waals surface area contributed by atoms with Gasteiger partial charge in [0.15, 0.2) is 0 Å². The molecule has 1 N–H and O–H groups in total. The van der Waals surface area contributed by atoms with E-state index in [9.17, 15) is 14.9 Å². The summed E-state index contributed by atoms with van der Waals surface area (Å²) in [6.45, 7) is 0. The van der Waals surface area contributed by atoms with Gasteiger partial charge < -0.3 is 4.98 Å². The molecule has 1 heterocycles. The van der Waals surface area contributed by atoms with Crippen molar-refractivity contribution in [1.82, 2.24) is 9.97 Å². The van der Waals surface area contributed by atoms with Crippen molar-refractivity contribution in [3.05, 3.63) is 56.0 Å². The Bertz CT molecular complexity index is 737. The molecular formula is C14H13N3O3. The highest BCUT2D eigenvalue weighted by atomic mass is 16.6. The molecule has 1 aromatic heterocycles. The van der Waals surface area contributed by atoms with Crippen LogP contribution in [0.25, 0.3) is 11.4 Å². The molecule has 1 aromatic carbocycles. The number of benzene rings is 1. The summed E-state index contributed by atoms with van der Waals surface area (Å²) < 4.78 is 0. The topological polar surface area (TPSA) is 88.9 Å². The predicted molar refractivity (Wildman–Crippen MR) is 73.6 cm³/mol. The molecule has 0 atom stereocenters. The molecule has 1 aliphatic carbocycles. The van der Waals surface area contributed by atoms with E-state index in [0.29, 0.717) is 5.56 Å². The third-order valence-electron chi connectivity index (χ3n) is 3.55. The summed E-state index contributed by atoms with van der Waals surface area (Å²) in [5, 5.41) is 11.1. The number of fused-ring (bicyclic) bond motifs is 1. The largest absolute Gasteiger partial charge is 0.306 e. The lowest BCUT2D eigenvalue weighted by molar-refractivity contribution is -0.384. The van der Waals surface area contributed by atoms with Gasteiger partial charge in [-0.05, 0) is 31.7 Å². The number of nitro benzene ring substituents is 1. The van der Waals surface area contributed by atoms with E-state index in [-0.39, 0.29) is 17.1 Å². The van der Waals surface area contributed by atoms with Crippen LogP contribution in [0.3, 0.4) is 0 Å². The molecule has 0 fully saturated rings. The van der Waals surface area contributed by atoms with Crippen LogP contribution in [-0.4, -0.2) is 14.9 Å². The van der Waals surface area contributed by atoms with Gasteiger partial charge in [-0.25, -0.2) is 4.98 Å². The highest BCUT2D eigenvalue weighted by Gasteiger charge is 2.20.